The first kappa shape index (κ1) is 15.5. The fourth-order valence-electron chi connectivity index (χ4n) is 1.78. The van der Waals surface area contributed by atoms with Crippen LogP contribution in [-0.2, 0) is 14.8 Å². The van der Waals surface area contributed by atoms with E-state index in [2.05, 4.69) is 4.72 Å². The number of sulfonamides is 1. The van der Waals surface area contributed by atoms with Crippen molar-refractivity contribution >= 4 is 16.0 Å². The number of rotatable bonds is 6. The number of carbonyl (C=O) groups is 1. The van der Waals surface area contributed by atoms with Crippen LogP contribution in [0.25, 0.3) is 0 Å². The average Bonchev–Trinajstić information content (AvgIpc) is 2.27. The SMILES string of the molecule is CNS(=O)(=O)c1c(C)cc(OCCC(=O)O)cc1C. The summed E-state index contributed by atoms with van der Waals surface area (Å²) in [5.41, 5.74) is 1.11. The Morgan fingerprint density at radius 2 is 1.84 bits per heavy atom. The molecule has 1 aromatic carbocycles. The van der Waals surface area contributed by atoms with Gasteiger partial charge in [0, 0.05) is 0 Å². The topological polar surface area (TPSA) is 92.7 Å². The smallest absolute Gasteiger partial charge is 0.306 e. The number of hydrogen-bond acceptors (Lipinski definition) is 4. The van der Waals surface area contributed by atoms with E-state index in [4.69, 9.17) is 9.84 Å². The third-order valence-corrected chi connectivity index (χ3v) is 4.27. The second kappa shape index (κ2) is 6.03. The van der Waals surface area contributed by atoms with Crippen LogP contribution in [-0.4, -0.2) is 33.1 Å². The predicted molar refractivity (Wildman–Crippen MR) is 69.9 cm³/mol. The number of nitrogens with one attached hydrogen (secondary N) is 1. The highest BCUT2D eigenvalue weighted by molar-refractivity contribution is 7.89. The van der Waals surface area contributed by atoms with Gasteiger partial charge in [-0.3, -0.25) is 4.79 Å². The number of aliphatic carboxylic acids is 1. The third kappa shape index (κ3) is 3.93. The Balaban J connectivity index is 3.01. The highest BCUT2D eigenvalue weighted by atomic mass is 32.2. The summed E-state index contributed by atoms with van der Waals surface area (Å²) in [4.78, 5) is 10.6. The molecule has 6 nitrogen and oxygen atoms in total. The number of hydrogen-bond donors (Lipinski definition) is 2. The number of carboxylic acids is 1. The molecule has 0 amide bonds. The molecule has 0 atom stereocenters. The highest BCUT2D eigenvalue weighted by Gasteiger charge is 2.18. The monoisotopic (exact) mass is 287 g/mol. The zero-order valence-electron chi connectivity index (χ0n) is 11.1. The van der Waals surface area contributed by atoms with Gasteiger partial charge in [0.05, 0.1) is 17.9 Å². The van der Waals surface area contributed by atoms with Gasteiger partial charge in [-0.15, -0.1) is 0 Å². The Labute approximate surface area is 112 Å². The molecule has 0 spiro atoms. The molecule has 0 saturated carbocycles. The molecule has 0 bridgehead atoms. The molecule has 0 saturated heterocycles. The molecule has 7 heteroatoms. The fourth-order valence-corrected chi connectivity index (χ4v) is 2.95. The second-order valence-electron chi connectivity index (χ2n) is 4.09. The van der Waals surface area contributed by atoms with Crippen molar-refractivity contribution in [2.45, 2.75) is 25.2 Å². The molecule has 1 aromatic rings. The minimum Gasteiger partial charge on any atom is -0.493 e. The molecule has 0 radical (unpaired) electrons. The van der Waals surface area contributed by atoms with Crippen molar-refractivity contribution in [2.24, 2.45) is 0 Å². The summed E-state index contributed by atoms with van der Waals surface area (Å²) in [6, 6.07) is 3.16. The summed E-state index contributed by atoms with van der Waals surface area (Å²) in [7, 11) is -2.16. The van der Waals surface area contributed by atoms with E-state index < -0.39 is 16.0 Å². The van der Waals surface area contributed by atoms with E-state index in [-0.39, 0.29) is 17.9 Å². The number of carboxylic acid groups (broad SMARTS) is 1. The molecule has 2 N–H and O–H groups in total. The highest BCUT2D eigenvalue weighted by Crippen LogP contribution is 2.25. The molecule has 1 rings (SSSR count). The third-order valence-electron chi connectivity index (χ3n) is 2.56. The molecule has 0 aliphatic rings. The lowest BCUT2D eigenvalue weighted by Gasteiger charge is -2.13. The van der Waals surface area contributed by atoms with Gasteiger partial charge in [-0.05, 0) is 44.2 Å². The molecule has 0 fully saturated rings. The Kier molecular flexibility index (Phi) is 4.90. The molecular weight excluding hydrogens is 270 g/mol. The molecule has 0 aliphatic carbocycles. The lowest BCUT2D eigenvalue weighted by atomic mass is 10.1. The first-order valence-electron chi connectivity index (χ1n) is 5.67. The number of ether oxygens (including phenoxy) is 1. The van der Waals surface area contributed by atoms with Gasteiger partial charge >= 0.3 is 5.97 Å². The first-order chi connectivity index (χ1) is 8.77. The van der Waals surface area contributed by atoms with Gasteiger partial charge in [-0.2, -0.15) is 0 Å². The lowest BCUT2D eigenvalue weighted by molar-refractivity contribution is -0.137. The van der Waals surface area contributed by atoms with Crippen LogP contribution < -0.4 is 9.46 Å². The molecular formula is C12H17NO5S. The van der Waals surface area contributed by atoms with Crippen molar-refractivity contribution < 1.29 is 23.1 Å². The van der Waals surface area contributed by atoms with E-state index in [1.165, 1.54) is 7.05 Å². The van der Waals surface area contributed by atoms with Gasteiger partial charge in [0.2, 0.25) is 10.0 Å². The van der Waals surface area contributed by atoms with E-state index >= 15 is 0 Å². The molecule has 0 unspecified atom stereocenters. The fraction of sp³-hybridized carbons (Fsp3) is 0.417. The molecule has 0 aliphatic heterocycles. The van der Waals surface area contributed by atoms with Crippen LogP contribution in [0.15, 0.2) is 17.0 Å². The van der Waals surface area contributed by atoms with E-state index in [1.807, 2.05) is 0 Å². The molecule has 0 heterocycles. The zero-order chi connectivity index (χ0) is 14.6. The normalized spacial score (nSPS) is 11.3. The van der Waals surface area contributed by atoms with Crippen molar-refractivity contribution in [2.75, 3.05) is 13.7 Å². The first-order valence-corrected chi connectivity index (χ1v) is 7.15. The molecule has 106 valence electrons. The van der Waals surface area contributed by atoms with Crippen LogP contribution in [0.5, 0.6) is 5.75 Å². The van der Waals surface area contributed by atoms with Crippen LogP contribution in [0.2, 0.25) is 0 Å². The molecule has 0 aromatic heterocycles. The summed E-state index contributed by atoms with van der Waals surface area (Å²) in [5.74, 6) is -0.478. The predicted octanol–water partition coefficient (Wildman–Crippen LogP) is 1.07. The maximum Gasteiger partial charge on any atom is 0.306 e. The van der Waals surface area contributed by atoms with Gasteiger partial charge < -0.3 is 9.84 Å². The summed E-state index contributed by atoms with van der Waals surface area (Å²) >= 11 is 0. The number of aryl methyl sites for hydroxylation is 2. The van der Waals surface area contributed by atoms with Crippen LogP contribution in [0, 0.1) is 13.8 Å². The lowest BCUT2D eigenvalue weighted by Crippen LogP contribution is -2.20. The minimum absolute atomic E-state index is 0.0480. The van der Waals surface area contributed by atoms with Crippen molar-refractivity contribution in [3.63, 3.8) is 0 Å². The Bertz CT molecular complexity index is 557. The quantitative estimate of drug-likeness (QED) is 0.816. The summed E-state index contributed by atoms with van der Waals surface area (Å²) < 4.78 is 31.2. The Hall–Kier alpha value is -1.60. The summed E-state index contributed by atoms with van der Waals surface area (Å²) in [6.45, 7) is 3.38. The van der Waals surface area contributed by atoms with E-state index in [0.29, 0.717) is 16.9 Å². The van der Waals surface area contributed by atoms with Crippen molar-refractivity contribution in [3.8, 4) is 5.75 Å². The van der Waals surface area contributed by atoms with Gasteiger partial charge in [-0.25, -0.2) is 13.1 Å². The zero-order valence-corrected chi connectivity index (χ0v) is 11.9. The van der Waals surface area contributed by atoms with Crippen LogP contribution >= 0.6 is 0 Å². The van der Waals surface area contributed by atoms with E-state index in [0.717, 1.165) is 0 Å². The van der Waals surface area contributed by atoms with Crippen LogP contribution in [0.1, 0.15) is 17.5 Å². The Morgan fingerprint density at radius 1 is 1.32 bits per heavy atom. The summed E-state index contributed by atoms with van der Waals surface area (Å²) in [5, 5.41) is 8.52. The minimum atomic E-state index is -3.51. The van der Waals surface area contributed by atoms with E-state index in [9.17, 15) is 13.2 Å². The molecule has 19 heavy (non-hydrogen) atoms. The van der Waals surface area contributed by atoms with Gasteiger partial charge in [0.1, 0.15) is 5.75 Å². The van der Waals surface area contributed by atoms with Crippen LogP contribution in [0.3, 0.4) is 0 Å². The van der Waals surface area contributed by atoms with Gasteiger partial charge in [0.25, 0.3) is 0 Å². The maximum absolute atomic E-state index is 11.8. The summed E-state index contributed by atoms with van der Waals surface area (Å²) in [6.07, 6.45) is -0.103. The Morgan fingerprint density at radius 3 is 2.26 bits per heavy atom. The van der Waals surface area contributed by atoms with Gasteiger partial charge in [0.15, 0.2) is 0 Å². The average molecular weight is 287 g/mol. The van der Waals surface area contributed by atoms with E-state index in [1.54, 1.807) is 26.0 Å². The second-order valence-corrected chi connectivity index (χ2v) is 5.91. The standard InChI is InChI=1S/C12H17NO5S/c1-8-6-10(18-5-4-11(14)15)7-9(2)12(8)19(16,17)13-3/h6-7,13H,4-5H2,1-3H3,(H,14,15). The van der Waals surface area contributed by atoms with Crippen molar-refractivity contribution in [3.05, 3.63) is 23.3 Å². The van der Waals surface area contributed by atoms with Crippen molar-refractivity contribution in [1.82, 2.24) is 4.72 Å². The number of benzene rings is 1. The van der Waals surface area contributed by atoms with Gasteiger partial charge in [-0.1, -0.05) is 0 Å². The van der Waals surface area contributed by atoms with Crippen molar-refractivity contribution in [1.29, 1.82) is 0 Å². The largest absolute Gasteiger partial charge is 0.493 e. The van der Waals surface area contributed by atoms with Crippen LogP contribution in [0.4, 0.5) is 0 Å². The maximum atomic E-state index is 11.8.